The summed E-state index contributed by atoms with van der Waals surface area (Å²) in [4.78, 5) is 0. The molecule has 0 amide bonds. The van der Waals surface area contributed by atoms with Crippen molar-refractivity contribution in [2.75, 3.05) is 0 Å². The highest BCUT2D eigenvalue weighted by atomic mass is 19.4. The van der Waals surface area contributed by atoms with Gasteiger partial charge in [-0.25, -0.2) is 0 Å². The van der Waals surface area contributed by atoms with Gasteiger partial charge in [0.05, 0.1) is 27.7 Å². The molecular formula is C24H22F6NO+. The van der Waals surface area contributed by atoms with E-state index in [1.807, 2.05) is 19.9 Å². The zero-order valence-corrected chi connectivity index (χ0v) is 17.9. The van der Waals surface area contributed by atoms with E-state index in [9.17, 15) is 31.5 Å². The van der Waals surface area contributed by atoms with Crippen LogP contribution in [0.1, 0.15) is 50.8 Å². The van der Waals surface area contributed by atoms with Crippen molar-refractivity contribution in [2.24, 2.45) is 10.8 Å². The van der Waals surface area contributed by atoms with E-state index in [2.05, 4.69) is 13.8 Å². The third-order valence-electron chi connectivity index (χ3n) is 5.98. The summed E-state index contributed by atoms with van der Waals surface area (Å²) in [6.45, 7) is 8.15. The molecule has 32 heavy (non-hydrogen) atoms. The second-order valence-corrected chi connectivity index (χ2v) is 9.79. The Bertz CT molecular complexity index is 1150. The van der Waals surface area contributed by atoms with Crippen molar-refractivity contribution < 1.29 is 36.3 Å². The first kappa shape index (κ1) is 22.4. The SMILES string of the molecule is CC1(C)C=C2C(=[N+](O)c3cc(-c4cc(C(F)(F)F)cc(C(F)(F)F)c4)ccc32)C(C)(C)C1. The molecule has 170 valence electrons. The molecule has 0 fully saturated rings. The Morgan fingerprint density at radius 3 is 1.91 bits per heavy atom. The van der Waals surface area contributed by atoms with Gasteiger partial charge < -0.3 is 0 Å². The summed E-state index contributed by atoms with van der Waals surface area (Å²) in [5, 5.41) is 10.9. The Morgan fingerprint density at radius 2 is 1.38 bits per heavy atom. The van der Waals surface area contributed by atoms with E-state index >= 15 is 0 Å². The Balaban J connectivity index is 1.91. The number of allylic oxidation sites excluding steroid dienone is 2. The van der Waals surface area contributed by atoms with Crippen molar-refractivity contribution in [3.05, 3.63) is 59.2 Å². The van der Waals surface area contributed by atoms with Crippen molar-refractivity contribution in [1.82, 2.24) is 0 Å². The summed E-state index contributed by atoms with van der Waals surface area (Å²) >= 11 is 0. The Labute approximate surface area is 181 Å². The number of hydrogen-bond acceptors (Lipinski definition) is 1. The quantitative estimate of drug-likeness (QED) is 0.266. The van der Waals surface area contributed by atoms with Crippen molar-refractivity contribution in [3.8, 4) is 11.1 Å². The van der Waals surface area contributed by atoms with Gasteiger partial charge in [0, 0.05) is 10.8 Å². The molecule has 0 spiro atoms. The summed E-state index contributed by atoms with van der Waals surface area (Å²) in [6, 6.07) is 6.05. The molecule has 1 aliphatic heterocycles. The molecule has 2 nitrogen and oxygen atoms in total. The fraction of sp³-hybridized carbons (Fsp3) is 0.375. The van der Waals surface area contributed by atoms with Gasteiger partial charge in [-0.15, -0.1) is 0 Å². The highest BCUT2D eigenvalue weighted by Crippen LogP contribution is 2.51. The maximum Gasteiger partial charge on any atom is 0.416 e. The molecule has 0 unspecified atom stereocenters. The van der Waals surface area contributed by atoms with E-state index < -0.39 is 23.5 Å². The first-order chi connectivity index (χ1) is 14.5. The monoisotopic (exact) mass is 454 g/mol. The summed E-state index contributed by atoms with van der Waals surface area (Å²) in [6.07, 6.45) is -7.05. The van der Waals surface area contributed by atoms with Crippen LogP contribution in [0.3, 0.4) is 0 Å². The minimum atomic E-state index is -4.93. The lowest BCUT2D eigenvalue weighted by Crippen LogP contribution is -2.37. The molecule has 8 heteroatoms. The highest BCUT2D eigenvalue weighted by Gasteiger charge is 2.50. The zero-order valence-electron chi connectivity index (χ0n) is 17.9. The molecule has 0 aromatic heterocycles. The van der Waals surface area contributed by atoms with Crippen molar-refractivity contribution >= 4 is 17.0 Å². The Morgan fingerprint density at radius 1 is 0.812 bits per heavy atom. The molecule has 0 atom stereocenters. The molecule has 0 bridgehead atoms. The van der Waals surface area contributed by atoms with Gasteiger partial charge >= 0.3 is 12.4 Å². The molecule has 1 aliphatic carbocycles. The number of alkyl halides is 6. The molecular weight excluding hydrogens is 432 g/mol. The number of hydrogen-bond donors (Lipinski definition) is 1. The van der Waals surface area contributed by atoms with Crippen LogP contribution in [0.4, 0.5) is 32.0 Å². The fourth-order valence-electron chi connectivity index (χ4n) is 5.06. The standard InChI is InChI=1S/C24H22F6NO/c1-21(2)11-18-17-6-5-13(9-19(17)31(32)20(18)22(3,4)12-21)14-7-15(23(25,26)27)10-16(8-14)24(28,29)30/h5-11,32H,12H2,1-4H3/q+1. The van der Waals surface area contributed by atoms with E-state index in [1.54, 1.807) is 6.07 Å². The molecule has 0 radical (unpaired) electrons. The van der Waals surface area contributed by atoms with Crippen LogP contribution in [0.5, 0.6) is 0 Å². The van der Waals surface area contributed by atoms with Gasteiger partial charge in [-0.3, -0.25) is 5.21 Å². The summed E-state index contributed by atoms with van der Waals surface area (Å²) < 4.78 is 80.6. The molecule has 1 heterocycles. The maximum atomic E-state index is 13.3. The van der Waals surface area contributed by atoms with Crippen molar-refractivity contribution in [2.45, 2.75) is 46.5 Å². The van der Waals surface area contributed by atoms with Crippen LogP contribution in [0, 0.1) is 10.8 Å². The van der Waals surface area contributed by atoms with Crippen LogP contribution in [-0.4, -0.2) is 15.7 Å². The number of rotatable bonds is 1. The van der Waals surface area contributed by atoms with Gasteiger partial charge in [0.2, 0.25) is 5.71 Å². The molecule has 2 aliphatic rings. The average Bonchev–Trinajstić information content (AvgIpc) is 2.90. The van der Waals surface area contributed by atoms with E-state index in [-0.39, 0.29) is 28.0 Å². The number of fused-ring (bicyclic) bond motifs is 3. The van der Waals surface area contributed by atoms with Crippen molar-refractivity contribution in [1.29, 1.82) is 0 Å². The predicted molar refractivity (Wildman–Crippen MR) is 109 cm³/mol. The van der Waals surface area contributed by atoms with Gasteiger partial charge in [-0.05, 0) is 61.1 Å². The number of halogens is 6. The molecule has 0 saturated heterocycles. The predicted octanol–water partition coefficient (Wildman–Crippen LogP) is 7.72. The van der Waals surface area contributed by atoms with Crippen LogP contribution in [-0.2, 0) is 12.4 Å². The maximum absolute atomic E-state index is 13.3. The van der Waals surface area contributed by atoms with Gasteiger partial charge in [0.25, 0.3) is 5.69 Å². The van der Waals surface area contributed by atoms with Gasteiger partial charge in [-0.2, -0.15) is 26.3 Å². The van der Waals surface area contributed by atoms with Crippen LogP contribution in [0.25, 0.3) is 16.7 Å². The lowest BCUT2D eigenvalue weighted by atomic mass is 9.65. The van der Waals surface area contributed by atoms with E-state index in [4.69, 9.17) is 0 Å². The van der Waals surface area contributed by atoms with Crippen LogP contribution >= 0.6 is 0 Å². The van der Waals surface area contributed by atoms with E-state index in [1.165, 1.54) is 12.1 Å². The second-order valence-electron chi connectivity index (χ2n) is 9.79. The summed E-state index contributed by atoms with van der Waals surface area (Å²) in [7, 11) is 0. The van der Waals surface area contributed by atoms with Gasteiger partial charge in [-0.1, -0.05) is 26.0 Å². The number of nitrogens with zero attached hydrogens (tertiary/aromatic N) is 1. The van der Waals surface area contributed by atoms with Gasteiger partial charge in [0.1, 0.15) is 0 Å². The first-order valence-corrected chi connectivity index (χ1v) is 10.0. The normalized spacial score (nSPS) is 19.5. The third kappa shape index (κ3) is 3.69. The average molecular weight is 454 g/mol. The van der Waals surface area contributed by atoms with Crippen molar-refractivity contribution in [3.63, 3.8) is 0 Å². The lowest BCUT2D eigenvalue weighted by molar-refractivity contribution is -0.712. The van der Waals surface area contributed by atoms with Crippen LogP contribution in [0.15, 0.2) is 42.5 Å². The molecule has 0 saturated carbocycles. The van der Waals surface area contributed by atoms with Crippen LogP contribution in [0.2, 0.25) is 0 Å². The molecule has 4 rings (SSSR count). The molecule has 1 N–H and O–H groups in total. The highest BCUT2D eigenvalue weighted by molar-refractivity contribution is 6.27. The minimum Gasteiger partial charge on any atom is -0.284 e. The second kappa shape index (κ2) is 6.62. The fourth-order valence-corrected chi connectivity index (χ4v) is 5.06. The summed E-state index contributed by atoms with van der Waals surface area (Å²) in [5.41, 5.74) is -0.842. The third-order valence-corrected chi connectivity index (χ3v) is 5.98. The molecule has 2 aromatic carbocycles. The Kier molecular flexibility index (Phi) is 4.64. The van der Waals surface area contributed by atoms with Gasteiger partial charge in [0.15, 0.2) is 0 Å². The van der Waals surface area contributed by atoms with E-state index in [0.717, 1.165) is 16.7 Å². The number of benzene rings is 2. The Hall–Kier alpha value is -2.77. The smallest absolute Gasteiger partial charge is 0.284 e. The first-order valence-electron chi connectivity index (χ1n) is 10.0. The zero-order chi connectivity index (χ0) is 23.9. The minimum absolute atomic E-state index is 0.106. The summed E-state index contributed by atoms with van der Waals surface area (Å²) in [5.74, 6) is 0. The van der Waals surface area contributed by atoms with E-state index in [0.29, 0.717) is 29.1 Å². The largest absolute Gasteiger partial charge is 0.416 e. The van der Waals surface area contributed by atoms with Crippen LogP contribution < -0.4 is 0 Å². The topological polar surface area (TPSA) is 23.2 Å². The lowest BCUT2D eigenvalue weighted by Gasteiger charge is -2.35. The molecule has 2 aromatic rings.